The third-order valence-electron chi connectivity index (χ3n) is 4.98. The zero-order valence-electron chi connectivity index (χ0n) is 17.7. The van der Waals surface area contributed by atoms with Crippen molar-refractivity contribution in [1.82, 2.24) is 14.7 Å². The first-order valence-corrected chi connectivity index (χ1v) is 10.8. The summed E-state index contributed by atoms with van der Waals surface area (Å²) in [7, 11) is 0. The Morgan fingerprint density at radius 2 is 1.74 bits per heavy atom. The molecular weight excluding hydrogens is 435 g/mol. The average molecular weight is 459 g/mol. The number of rotatable bonds is 7. The standard InChI is InChI=1S/C23H24Cl2N4O2/c1-4-28(5-2)23(31)18-12-11-17(13-19(18)24)26-22(30)20-15(3)27-29(21(20)25)14-16-9-7-6-8-10-16/h6-13H,4-5,14H2,1-3H3,(H,26,30). The monoisotopic (exact) mass is 458 g/mol. The molecule has 0 radical (unpaired) electrons. The van der Waals surface area contributed by atoms with Gasteiger partial charge in [-0.2, -0.15) is 5.10 Å². The molecule has 0 bridgehead atoms. The molecule has 0 atom stereocenters. The van der Waals surface area contributed by atoms with E-state index in [9.17, 15) is 9.59 Å². The summed E-state index contributed by atoms with van der Waals surface area (Å²) in [4.78, 5) is 27.1. The zero-order valence-corrected chi connectivity index (χ0v) is 19.2. The normalized spacial score (nSPS) is 10.7. The van der Waals surface area contributed by atoms with Crippen molar-refractivity contribution in [3.63, 3.8) is 0 Å². The predicted molar refractivity (Wildman–Crippen MR) is 124 cm³/mol. The summed E-state index contributed by atoms with van der Waals surface area (Å²) >= 11 is 12.8. The molecule has 31 heavy (non-hydrogen) atoms. The van der Waals surface area contributed by atoms with Gasteiger partial charge in [0.1, 0.15) is 5.15 Å². The van der Waals surface area contributed by atoms with Crippen LogP contribution < -0.4 is 5.32 Å². The summed E-state index contributed by atoms with van der Waals surface area (Å²) in [5.41, 5.74) is 2.72. The van der Waals surface area contributed by atoms with Gasteiger partial charge in [0.15, 0.2) is 0 Å². The molecule has 0 spiro atoms. The molecule has 0 aliphatic rings. The number of carbonyl (C=O) groups excluding carboxylic acids is 2. The highest BCUT2D eigenvalue weighted by molar-refractivity contribution is 6.35. The Labute approximate surface area is 191 Å². The predicted octanol–water partition coefficient (Wildman–Crippen LogP) is 5.28. The third kappa shape index (κ3) is 5.09. The number of hydrogen-bond donors (Lipinski definition) is 1. The molecule has 1 aromatic heterocycles. The minimum absolute atomic E-state index is 0.144. The van der Waals surface area contributed by atoms with Crippen molar-refractivity contribution in [3.8, 4) is 0 Å². The number of aryl methyl sites for hydroxylation is 1. The number of carbonyl (C=O) groups is 2. The van der Waals surface area contributed by atoms with E-state index in [4.69, 9.17) is 23.2 Å². The highest BCUT2D eigenvalue weighted by atomic mass is 35.5. The van der Waals surface area contributed by atoms with E-state index in [-0.39, 0.29) is 22.0 Å². The fourth-order valence-electron chi connectivity index (χ4n) is 3.31. The van der Waals surface area contributed by atoms with Crippen molar-refractivity contribution in [2.45, 2.75) is 27.3 Å². The minimum Gasteiger partial charge on any atom is -0.339 e. The van der Waals surface area contributed by atoms with Gasteiger partial charge in [0.05, 0.1) is 28.4 Å². The number of hydrogen-bond acceptors (Lipinski definition) is 3. The van der Waals surface area contributed by atoms with Gasteiger partial charge in [-0.05, 0) is 44.5 Å². The maximum atomic E-state index is 12.9. The number of anilines is 1. The lowest BCUT2D eigenvalue weighted by Gasteiger charge is -2.19. The van der Waals surface area contributed by atoms with Crippen LogP contribution in [0, 0.1) is 6.92 Å². The molecule has 162 valence electrons. The Balaban J connectivity index is 1.79. The van der Waals surface area contributed by atoms with Crippen molar-refractivity contribution < 1.29 is 9.59 Å². The quantitative estimate of drug-likeness (QED) is 0.523. The Morgan fingerprint density at radius 1 is 1.06 bits per heavy atom. The summed E-state index contributed by atoms with van der Waals surface area (Å²) in [5, 5.41) is 7.74. The first kappa shape index (κ1) is 22.8. The second kappa shape index (κ2) is 9.98. The van der Waals surface area contributed by atoms with Crippen LogP contribution in [-0.2, 0) is 6.54 Å². The Morgan fingerprint density at radius 3 is 2.35 bits per heavy atom. The molecule has 0 aliphatic heterocycles. The van der Waals surface area contributed by atoms with E-state index in [1.165, 1.54) is 0 Å². The first-order valence-electron chi connectivity index (χ1n) is 10.0. The number of aromatic nitrogens is 2. The highest BCUT2D eigenvalue weighted by Gasteiger charge is 2.22. The van der Waals surface area contributed by atoms with Gasteiger partial charge in [0.25, 0.3) is 11.8 Å². The maximum absolute atomic E-state index is 12.9. The first-order chi connectivity index (χ1) is 14.8. The Hall–Kier alpha value is -2.83. The average Bonchev–Trinajstić information content (AvgIpc) is 3.02. The number of halogens is 2. The topological polar surface area (TPSA) is 67.2 Å². The van der Waals surface area contributed by atoms with Crippen molar-refractivity contribution in [3.05, 3.63) is 81.1 Å². The van der Waals surface area contributed by atoms with E-state index in [1.807, 2.05) is 44.2 Å². The molecular formula is C23H24Cl2N4O2. The number of nitrogens with one attached hydrogen (secondary N) is 1. The van der Waals surface area contributed by atoms with Crippen LogP contribution >= 0.6 is 23.2 Å². The van der Waals surface area contributed by atoms with E-state index < -0.39 is 0 Å². The smallest absolute Gasteiger partial charge is 0.260 e. The summed E-state index contributed by atoms with van der Waals surface area (Å²) in [6.07, 6.45) is 0. The Kier molecular flexibility index (Phi) is 7.36. The minimum atomic E-state index is -0.388. The van der Waals surface area contributed by atoms with Crippen LogP contribution in [0.4, 0.5) is 5.69 Å². The fraction of sp³-hybridized carbons (Fsp3) is 0.261. The number of nitrogens with zero attached hydrogens (tertiary/aromatic N) is 3. The lowest BCUT2D eigenvalue weighted by Crippen LogP contribution is -2.30. The van der Waals surface area contributed by atoms with Crippen LogP contribution in [0.2, 0.25) is 10.2 Å². The molecule has 1 heterocycles. The molecule has 0 fully saturated rings. The summed E-state index contributed by atoms with van der Waals surface area (Å²) < 4.78 is 1.60. The van der Waals surface area contributed by atoms with Crippen LogP contribution in [0.25, 0.3) is 0 Å². The second-order valence-electron chi connectivity index (χ2n) is 7.02. The number of benzene rings is 2. The molecule has 8 heteroatoms. The van der Waals surface area contributed by atoms with Gasteiger partial charge in [-0.3, -0.25) is 9.59 Å². The van der Waals surface area contributed by atoms with E-state index in [1.54, 1.807) is 34.7 Å². The SMILES string of the molecule is CCN(CC)C(=O)c1ccc(NC(=O)c2c(C)nn(Cc3ccccc3)c2Cl)cc1Cl. The van der Waals surface area contributed by atoms with Crippen molar-refractivity contribution in [2.24, 2.45) is 0 Å². The van der Waals surface area contributed by atoms with Crippen molar-refractivity contribution >= 4 is 40.7 Å². The largest absolute Gasteiger partial charge is 0.339 e. The lowest BCUT2D eigenvalue weighted by atomic mass is 10.1. The van der Waals surface area contributed by atoms with Gasteiger partial charge in [0, 0.05) is 18.8 Å². The maximum Gasteiger partial charge on any atom is 0.260 e. The zero-order chi connectivity index (χ0) is 22.5. The lowest BCUT2D eigenvalue weighted by molar-refractivity contribution is 0.0773. The number of amides is 2. The molecule has 1 N–H and O–H groups in total. The molecule has 2 aromatic carbocycles. The van der Waals surface area contributed by atoms with Crippen molar-refractivity contribution in [1.29, 1.82) is 0 Å². The van der Waals surface area contributed by atoms with Gasteiger partial charge >= 0.3 is 0 Å². The van der Waals surface area contributed by atoms with E-state index in [0.717, 1.165) is 5.56 Å². The van der Waals surface area contributed by atoms with E-state index in [2.05, 4.69) is 10.4 Å². The van der Waals surface area contributed by atoms with Crippen LogP contribution in [0.3, 0.4) is 0 Å². The van der Waals surface area contributed by atoms with Crippen LogP contribution in [0.1, 0.15) is 45.8 Å². The molecule has 0 saturated carbocycles. The summed E-state index contributed by atoms with van der Waals surface area (Å²) in [6.45, 7) is 7.20. The second-order valence-corrected chi connectivity index (χ2v) is 7.79. The summed E-state index contributed by atoms with van der Waals surface area (Å²) in [6, 6.07) is 14.6. The van der Waals surface area contributed by atoms with Gasteiger partial charge in [-0.25, -0.2) is 4.68 Å². The van der Waals surface area contributed by atoms with Gasteiger partial charge in [0.2, 0.25) is 0 Å². The van der Waals surface area contributed by atoms with E-state index in [0.29, 0.717) is 42.1 Å². The fourth-order valence-corrected chi connectivity index (χ4v) is 3.89. The van der Waals surface area contributed by atoms with Gasteiger partial charge in [-0.15, -0.1) is 0 Å². The molecule has 3 aromatic rings. The Bertz CT molecular complexity index is 1090. The van der Waals surface area contributed by atoms with Crippen molar-refractivity contribution in [2.75, 3.05) is 18.4 Å². The van der Waals surface area contributed by atoms with Crippen LogP contribution in [-0.4, -0.2) is 39.6 Å². The van der Waals surface area contributed by atoms with Crippen LogP contribution in [0.5, 0.6) is 0 Å². The van der Waals surface area contributed by atoms with Gasteiger partial charge < -0.3 is 10.2 Å². The molecule has 0 saturated heterocycles. The molecule has 0 unspecified atom stereocenters. The van der Waals surface area contributed by atoms with Gasteiger partial charge in [-0.1, -0.05) is 53.5 Å². The molecule has 0 aliphatic carbocycles. The summed E-state index contributed by atoms with van der Waals surface area (Å²) in [5.74, 6) is -0.533. The highest BCUT2D eigenvalue weighted by Crippen LogP contribution is 2.25. The molecule has 6 nitrogen and oxygen atoms in total. The van der Waals surface area contributed by atoms with Crippen LogP contribution in [0.15, 0.2) is 48.5 Å². The molecule has 3 rings (SSSR count). The molecule has 2 amide bonds. The van der Waals surface area contributed by atoms with E-state index >= 15 is 0 Å². The third-order valence-corrected chi connectivity index (χ3v) is 5.67.